The van der Waals surface area contributed by atoms with Crippen molar-refractivity contribution in [3.63, 3.8) is 0 Å². The Morgan fingerprint density at radius 3 is 2.35 bits per heavy atom. The van der Waals surface area contributed by atoms with Crippen molar-refractivity contribution in [2.75, 3.05) is 0 Å². The van der Waals surface area contributed by atoms with Gasteiger partial charge < -0.3 is 0 Å². The normalized spacial score (nSPS) is 20.9. The van der Waals surface area contributed by atoms with Gasteiger partial charge >= 0.3 is 5.97 Å². The van der Waals surface area contributed by atoms with Crippen LogP contribution in [0.4, 0.5) is 0 Å². The van der Waals surface area contributed by atoms with E-state index in [0.717, 1.165) is 30.4 Å². The van der Waals surface area contributed by atoms with Gasteiger partial charge in [0.25, 0.3) is 0 Å². The van der Waals surface area contributed by atoms with Crippen LogP contribution in [0, 0.1) is 5.92 Å². The van der Waals surface area contributed by atoms with Crippen molar-refractivity contribution in [2.24, 2.45) is 5.92 Å². The van der Waals surface area contributed by atoms with Gasteiger partial charge in [0, 0.05) is 0 Å². The maximum absolute atomic E-state index is 12.1. The van der Waals surface area contributed by atoms with Crippen molar-refractivity contribution in [1.82, 2.24) is 0 Å². The van der Waals surface area contributed by atoms with E-state index in [9.17, 15) is 4.79 Å². The fraction of sp³-hybridized carbons (Fsp3) is 0.350. The Morgan fingerprint density at radius 2 is 1.65 bits per heavy atom. The van der Waals surface area contributed by atoms with Crippen LogP contribution in [0.5, 0.6) is 0 Å². The molecule has 0 saturated heterocycles. The maximum atomic E-state index is 12.1. The van der Waals surface area contributed by atoms with Crippen molar-refractivity contribution in [2.45, 2.75) is 38.7 Å². The average Bonchev–Trinajstić information content (AvgIpc) is 2.61. The number of hydrogen-bond acceptors (Lipinski definition) is 3. The maximum Gasteiger partial charge on any atom is 0.373 e. The van der Waals surface area contributed by atoms with Crippen LogP contribution >= 0.6 is 0 Å². The zero-order chi connectivity index (χ0) is 16.1. The molecule has 0 N–H and O–H groups in total. The van der Waals surface area contributed by atoms with E-state index in [2.05, 4.69) is 6.92 Å². The average molecular weight is 310 g/mol. The molecule has 3 heteroatoms. The SMILES string of the molecule is CC1CCCC(OOC(=O)c2ccc(-c3ccccc3)cc2)C1. The Bertz CT molecular complexity index is 634. The highest BCUT2D eigenvalue weighted by molar-refractivity contribution is 5.89. The first-order chi connectivity index (χ1) is 11.2. The summed E-state index contributed by atoms with van der Waals surface area (Å²) < 4.78 is 0. The van der Waals surface area contributed by atoms with Gasteiger partial charge in [-0.3, -0.25) is 4.89 Å². The van der Waals surface area contributed by atoms with Gasteiger partial charge in [-0.15, -0.1) is 0 Å². The molecule has 23 heavy (non-hydrogen) atoms. The van der Waals surface area contributed by atoms with Crippen molar-refractivity contribution in [1.29, 1.82) is 0 Å². The Kier molecular flexibility index (Phi) is 5.09. The van der Waals surface area contributed by atoms with Gasteiger partial charge in [-0.1, -0.05) is 62.2 Å². The summed E-state index contributed by atoms with van der Waals surface area (Å²) in [6, 6.07) is 17.5. The topological polar surface area (TPSA) is 35.5 Å². The molecule has 120 valence electrons. The Labute approximate surface area is 137 Å². The minimum atomic E-state index is -0.428. The van der Waals surface area contributed by atoms with Gasteiger partial charge in [-0.2, -0.15) is 4.89 Å². The fourth-order valence-electron chi connectivity index (χ4n) is 3.06. The van der Waals surface area contributed by atoms with E-state index in [4.69, 9.17) is 9.78 Å². The van der Waals surface area contributed by atoms with Crippen LogP contribution in [0.3, 0.4) is 0 Å². The van der Waals surface area contributed by atoms with E-state index in [1.807, 2.05) is 42.5 Å². The van der Waals surface area contributed by atoms with E-state index in [-0.39, 0.29) is 6.10 Å². The van der Waals surface area contributed by atoms with E-state index in [0.29, 0.717) is 11.5 Å². The van der Waals surface area contributed by atoms with Crippen LogP contribution in [-0.2, 0) is 9.78 Å². The van der Waals surface area contributed by atoms with Crippen LogP contribution in [0.25, 0.3) is 11.1 Å². The van der Waals surface area contributed by atoms with Gasteiger partial charge in [-0.25, -0.2) is 4.79 Å². The number of hydrogen-bond donors (Lipinski definition) is 0. The smallest absolute Gasteiger partial charge is 0.293 e. The van der Waals surface area contributed by atoms with Gasteiger partial charge in [0.15, 0.2) is 0 Å². The lowest BCUT2D eigenvalue weighted by Gasteiger charge is -2.24. The Morgan fingerprint density at radius 1 is 0.957 bits per heavy atom. The first kappa shape index (κ1) is 15.8. The molecule has 0 amide bonds. The molecule has 0 spiro atoms. The van der Waals surface area contributed by atoms with E-state index >= 15 is 0 Å². The second kappa shape index (κ2) is 7.42. The molecule has 3 nitrogen and oxygen atoms in total. The highest BCUT2D eigenvalue weighted by Crippen LogP contribution is 2.26. The lowest BCUT2D eigenvalue weighted by atomic mass is 9.89. The molecular formula is C20H22O3. The molecule has 1 fully saturated rings. The predicted molar refractivity (Wildman–Crippen MR) is 89.8 cm³/mol. The third-order valence-corrected chi connectivity index (χ3v) is 4.38. The summed E-state index contributed by atoms with van der Waals surface area (Å²) >= 11 is 0. The Hall–Kier alpha value is -2.13. The molecule has 2 atom stereocenters. The van der Waals surface area contributed by atoms with Crippen LogP contribution < -0.4 is 0 Å². The third-order valence-electron chi connectivity index (χ3n) is 4.38. The van der Waals surface area contributed by atoms with Crippen molar-refractivity contribution in [3.05, 3.63) is 60.2 Å². The van der Waals surface area contributed by atoms with Gasteiger partial charge in [0.05, 0.1) is 5.56 Å². The number of benzene rings is 2. The molecule has 0 radical (unpaired) electrons. The molecule has 1 saturated carbocycles. The highest BCUT2D eigenvalue weighted by Gasteiger charge is 2.22. The first-order valence-electron chi connectivity index (χ1n) is 8.25. The van der Waals surface area contributed by atoms with Crippen molar-refractivity contribution < 1.29 is 14.6 Å². The van der Waals surface area contributed by atoms with Crippen LogP contribution in [-0.4, -0.2) is 12.1 Å². The molecule has 1 aliphatic carbocycles. The summed E-state index contributed by atoms with van der Waals surface area (Å²) in [7, 11) is 0. The second-order valence-electron chi connectivity index (χ2n) is 6.30. The third kappa shape index (κ3) is 4.20. The lowest BCUT2D eigenvalue weighted by molar-refractivity contribution is -0.281. The molecule has 3 rings (SSSR count). The lowest BCUT2D eigenvalue weighted by Crippen LogP contribution is -2.23. The number of carbonyl (C=O) groups excluding carboxylic acids is 1. The minimum Gasteiger partial charge on any atom is -0.293 e. The zero-order valence-electron chi connectivity index (χ0n) is 13.4. The van der Waals surface area contributed by atoms with E-state index < -0.39 is 5.97 Å². The van der Waals surface area contributed by atoms with Crippen LogP contribution in [0.15, 0.2) is 54.6 Å². The summed E-state index contributed by atoms with van der Waals surface area (Å²) in [6.07, 6.45) is 4.32. The van der Waals surface area contributed by atoms with E-state index in [1.165, 1.54) is 6.42 Å². The number of rotatable bonds is 4. The predicted octanol–water partition coefficient (Wildman–Crippen LogP) is 5.02. The van der Waals surface area contributed by atoms with Crippen molar-refractivity contribution >= 4 is 5.97 Å². The van der Waals surface area contributed by atoms with Crippen LogP contribution in [0.1, 0.15) is 43.0 Å². The molecule has 0 aromatic heterocycles. The standard InChI is InChI=1S/C20H22O3/c1-15-6-5-9-19(14-15)22-23-20(21)18-12-10-17(11-13-18)16-7-3-2-4-8-16/h2-4,7-8,10-13,15,19H,5-6,9,14H2,1H3. The molecule has 1 aliphatic rings. The van der Waals surface area contributed by atoms with Gasteiger partial charge in [0.1, 0.15) is 6.10 Å². The van der Waals surface area contributed by atoms with Crippen molar-refractivity contribution in [3.8, 4) is 11.1 Å². The number of carbonyl (C=O) groups is 1. The fourth-order valence-corrected chi connectivity index (χ4v) is 3.06. The second-order valence-corrected chi connectivity index (χ2v) is 6.30. The molecule has 2 unspecified atom stereocenters. The summed E-state index contributed by atoms with van der Waals surface area (Å²) in [4.78, 5) is 22.4. The summed E-state index contributed by atoms with van der Waals surface area (Å²) in [5.41, 5.74) is 2.71. The van der Waals surface area contributed by atoms with Gasteiger partial charge in [-0.05, 0) is 42.0 Å². The molecule has 0 bridgehead atoms. The zero-order valence-corrected chi connectivity index (χ0v) is 13.4. The Balaban J connectivity index is 1.57. The van der Waals surface area contributed by atoms with E-state index in [1.54, 1.807) is 12.1 Å². The molecule has 2 aromatic carbocycles. The highest BCUT2D eigenvalue weighted by atomic mass is 17.2. The molecular weight excluding hydrogens is 288 g/mol. The van der Waals surface area contributed by atoms with Crippen LogP contribution in [0.2, 0.25) is 0 Å². The first-order valence-corrected chi connectivity index (χ1v) is 8.25. The molecule has 0 heterocycles. The summed E-state index contributed by atoms with van der Waals surface area (Å²) in [5.74, 6) is 0.209. The largest absolute Gasteiger partial charge is 0.373 e. The molecule has 2 aromatic rings. The molecule has 0 aliphatic heterocycles. The summed E-state index contributed by atoms with van der Waals surface area (Å²) in [6.45, 7) is 2.21. The monoisotopic (exact) mass is 310 g/mol. The minimum absolute atomic E-state index is 0.0336. The quantitative estimate of drug-likeness (QED) is 0.587. The summed E-state index contributed by atoms with van der Waals surface area (Å²) in [5, 5.41) is 0. The van der Waals surface area contributed by atoms with Gasteiger partial charge in [0.2, 0.25) is 0 Å².